The maximum absolute atomic E-state index is 11.3. The molecule has 0 amide bonds. The van der Waals surface area contributed by atoms with E-state index in [1.54, 1.807) is 6.92 Å². The third kappa shape index (κ3) is 2.85. The molecule has 0 saturated heterocycles. The molecule has 2 N–H and O–H groups in total. The van der Waals surface area contributed by atoms with Crippen LogP contribution in [0.25, 0.3) is 0 Å². The van der Waals surface area contributed by atoms with Gasteiger partial charge in [0.25, 0.3) is 5.56 Å². The van der Waals surface area contributed by atoms with Crippen molar-refractivity contribution in [2.45, 2.75) is 25.4 Å². The molecule has 1 aromatic heterocycles. The van der Waals surface area contributed by atoms with Crippen molar-refractivity contribution in [1.82, 2.24) is 9.97 Å². The Morgan fingerprint density at radius 1 is 1.50 bits per heavy atom. The molecule has 0 radical (unpaired) electrons. The Kier molecular flexibility index (Phi) is 4.16. The van der Waals surface area contributed by atoms with Crippen molar-refractivity contribution in [2.24, 2.45) is 0 Å². The van der Waals surface area contributed by atoms with Crippen molar-refractivity contribution >= 4 is 11.8 Å². The number of nitrogens with one attached hydrogen (secondary N) is 1. The largest absolute Gasteiger partial charge is 0.396 e. The Balaban J connectivity index is 2.75. The van der Waals surface area contributed by atoms with Gasteiger partial charge in [0.15, 0.2) is 5.16 Å². The second kappa shape index (κ2) is 5.17. The first-order chi connectivity index (χ1) is 6.65. The van der Waals surface area contributed by atoms with Crippen molar-refractivity contribution in [1.29, 1.82) is 0 Å². The zero-order valence-electron chi connectivity index (χ0n) is 8.33. The molecule has 5 heteroatoms. The van der Waals surface area contributed by atoms with Crippen LogP contribution in [0.4, 0.5) is 0 Å². The van der Waals surface area contributed by atoms with Crippen LogP contribution in [0, 0.1) is 13.8 Å². The average Bonchev–Trinajstić information content (AvgIpc) is 2.14. The number of hydrogen-bond donors (Lipinski definition) is 2. The predicted octanol–water partition coefficient (Wildman–Crippen LogP) is 0.861. The number of thioether (sulfide) groups is 1. The van der Waals surface area contributed by atoms with Crippen LogP contribution in [0.3, 0.4) is 0 Å². The van der Waals surface area contributed by atoms with Gasteiger partial charge in [-0.3, -0.25) is 4.79 Å². The third-order valence-electron chi connectivity index (χ3n) is 1.91. The molecule has 0 saturated carbocycles. The van der Waals surface area contributed by atoms with Crippen LogP contribution in [-0.2, 0) is 0 Å². The highest BCUT2D eigenvalue weighted by atomic mass is 32.2. The first-order valence-electron chi connectivity index (χ1n) is 4.46. The van der Waals surface area contributed by atoms with Crippen LogP contribution in [0.15, 0.2) is 9.95 Å². The maximum Gasteiger partial charge on any atom is 0.254 e. The molecule has 0 aliphatic heterocycles. The molecule has 0 bridgehead atoms. The normalized spacial score (nSPS) is 10.5. The van der Waals surface area contributed by atoms with Crippen molar-refractivity contribution in [3.63, 3.8) is 0 Å². The first kappa shape index (κ1) is 11.3. The van der Waals surface area contributed by atoms with Gasteiger partial charge in [0.2, 0.25) is 0 Å². The van der Waals surface area contributed by atoms with Crippen LogP contribution >= 0.6 is 11.8 Å². The molecule has 0 aromatic carbocycles. The SMILES string of the molecule is Cc1nc(SCCCO)[nH]c(=O)c1C. The van der Waals surface area contributed by atoms with Gasteiger partial charge in [-0.2, -0.15) is 0 Å². The quantitative estimate of drug-likeness (QED) is 0.443. The third-order valence-corrected chi connectivity index (χ3v) is 2.87. The predicted molar refractivity (Wildman–Crippen MR) is 56.8 cm³/mol. The van der Waals surface area contributed by atoms with Crippen LogP contribution in [0.1, 0.15) is 17.7 Å². The monoisotopic (exact) mass is 214 g/mol. The zero-order valence-corrected chi connectivity index (χ0v) is 9.15. The fraction of sp³-hybridized carbons (Fsp3) is 0.556. The lowest BCUT2D eigenvalue weighted by atomic mass is 10.3. The Labute approximate surface area is 86.8 Å². The van der Waals surface area contributed by atoms with Gasteiger partial charge >= 0.3 is 0 Å². The van der Waals surface area contributed by atoms with Crippen LogP contribution < -0.4 is 5.56 Å². The fourth-order valence-corrected chi connectivity index (χ4v) is 1.75. The lowest BCUT2D eigenvalue weighted by molar-refractivity contribution is 0.296. The number of aliphatic hydroxyl groups excluding tert-OH is 1. The van der Waals surface area contributed by atoms with E-state index in [0.717, 1.165) is 11.4 Å². The molecule has 1 rings (SSSR count). The second-order valence-corrected chi connectivity index (χ2v) is 4.09. The van der Waals surface area contributed by atoms with Gasteiger partial charge in [-0.1, -0.05) is 11.8 Å². The summed E-state index contributed by atoms with van der Waals surface area (Å²) in [7, 11) is 0. The number of rotatable bonds is 4. The fourth-order valence-electron chi connectivity index (χ4n) is 0.921. The topological polar surface area (TPSA) is 66.0 Å². The van der Waals surface area contributed by atoms with Gasteiger partial charge in [0.05, 0.1) is 0 Å². The summed E-state index contributed by atoms with van der Waals surface area (Å²) in [6.45, 7) is 3.74. The van der Waals surface area contributed by atoms with E-state index in [-0.39, 0.29) is 12.2 Å². The lowest BCUT2D eigenvalue weighted by Crippen LogP contribution is -2.14. The zero-order chi connectivity index (χ0) is 10.6. The molecule has 1 aromatic rings. The van der Waals surface area contributed by atoms with Gasteiger partial charge in [-0.25, -0.2) is 4.98 Å². The summed E-state index contributed by atoms with van der Waals surface area (Å²) in [5, 5.41) is 9.22. The van der Waals surface area contributed by atoms with Crippen molar-refractivity contribution in [2.75, 3.05) is 12.4 Å². The minimum atomic E-state index is -0.0796. The van der Waals surface area contributed by atoms with E-state index in [1.807, 2.05) is 6.92 Å². The summed E-state index contributed by atoms with van der Waals surface area (Å²) in [5.41, 5.74) is 1.35. The van der Waals surface area contributed by atoms with Crippen LogP contribution in [-0.4, -0.2) is 27.4 Å². The number of aliphatic hydroxyl groups is 1. The van der Waals surface area contributed by atoms with Gasteiger partial charge in [0, 0.05) is 23.6 Å². The number of aromatic amines is 1. The molecular weight excluding hydrogens is 200 g/mol. The summed E-state index contributed by atoms with van der Waals surface area (Å²) >= 11 is 1.46. The Bertz CT molecular complexity index is 362. The maximum atomic E-state index is 11.3. The molecule has 0 aliphatic rings. The molecule has 0 atom stereocenters. The summed E-state index contributed by atoms with van der Waals surface area (Å²) in [4.78, 5) is 18.3. The second-order valence-electron chi connectivity index (χ2n) is 3.01. The molecule has 0 spiro atoms. The van der Waals surface area contributed by atoms with Crippen molar-refractivity contribution in [3.05, 3.63) is 21.6 Å². The molecule has 14 heavy (non-hydrogen) atoms. The van der Waals surface area contributed by atoms with E-state index in [4.69, 9.17) is 5.11 Å². The summed E-state index contributed by atoms with van der Waals surface area (Å²) in [6, 6.07) is 0. The summed E-state index contributed by atoms with van der Waals surface area (Å²) in [5.74, 6) is 0.766. The molecule has 1 heterocycles. The molecule has 0 aliphatic carbocycles. The van der Waals surface area contributed by atoms with E-state index >= 15 is 0 Å². The number of hydrogen-bond acceptors (Lipinski definition) is 4. The van der Waals surface area contributed by atoms with E-state index in [2.05, 4.69) is 9.97 Å². The highest BCUT2D eigenvalue weighted by molar-refractivity contribution is 7.99. The van der Waals surface area contributed by atoms with E-state index in [9.17, 15) is 4.79 Å². The van der Waals surface area contributed by atoms with Gasteiger partial charge in [-0.05, 0) is 20.3 Å². The Morgan fingerprint density at radius 3 is 2.79 bits per heavy atom. The number of nitrogens with zero attached hydrogens (tertiary/aromatic N) is 1. The Morgan fingerprint density at radius 2 is 2.21 bits per heavy atom. The molecule has 0 fully saturated rings. The van der Waals surface area contributed by atoms with E-state index < -0.39 is 0 Å². The summed E-state index contributed by atoms with van der Waals surface area (Å²) < 4.78 is 0. The van der Waals surface area contributed by atoms with Gasteiger partial charge in [-0.15, -0.1) is 0 Å². The standard InChI is InChI=1S/C9H14N2O2S/c1-6-7(2)10-9(11-8(6)13)14-5-3-4-12/h12H,3-5H2,1-2H3,(H,10,11,13). The average molecular weight is 214 g/mol. The number of H-pyrrole nitrogens is 1. The minimum absolute atomic E-state index is 0.0796. The van der Waals surface area contributed by atoms with Crippen molar-refractivity contribution < 1.29 is 5.11 Å². The van der Waals surface area contributed by atoms with Crippen LogP contribution in [0.2, 0.25) is 0 Å². The van der Waals surface area contributed by atoms with E-state index in [1.165, 1.54) is 11.8 Å². The lowest BCUT2D eigenvalue weighted by Gasteiger charge is -2.02. The molecule has 0 unspecified atom stereocenters. The highest BCUT2D eigenvalue weighted by Gasteiger charge is 2.03. The van der Waals surface area contributed by atoms with E-state index in [0.29, 0.717) is 17.1 Å². The van der Waals surface area contributed by atoms with Crippen molar-refractivity contribution in [3.8, 4) is 0 Å². The highest BCUT2D eigenvalue weighted by Crippen LogP contribution is 2.12. The smallest absolute Gasteiger partial charge is 0.254 e. The van der Waals surface area contributed by atoms with Gasteiger partial charge < -0.3 is 10.1 Å². The molecular formula is C9H14N2O2S. The summed E-state index contributed by atoms with van der Waals surface area (Å²) in [6.07, 6.45) is 0.710. The number of aromatic nitrogens is 2. The van der Waals surface area contributed by atoms with Crippen LogP contribution in [0.5, 0.6) is 0 Å². The van der Waals surface area contributed by atoms with Gasteiger partial charge in [0.1, 0.15) is 0 Å². The first-order valence-corrected chi connectivity index (χ1v) is 5.45. The minimum Gasteiger partial charge on any atom is -0.396 e. The Hall–Kier alpha value is -0.810. The molecule has 78 valence electrons. The molecule has 4 nitrogen and oxygen atoms in total. The number of aryl methyl sites for hydroxylation is 1.